The highest BCUT2D eigenvalue weighted by molar-refractivity contribution is 7.89. The van der Waals surface area contributed by atoms with Crippen molar-refractivity contribution in [3.05, 3.63) is 23.8 Å². The molecular formula is C16H21N3O5S. The molecule has 0 spiro atoms. The smallest absolute Gasteiger partial charge is 0.243 e. The van der Waals surface area contributed by atoms with Crippen LogP contribution in [0.1, 0.15) is 12.5 Å². The lowest BCUT2D eigenvalue weighted by Crippen LogP contribution is -2.46. The molecule has 25 heavy (non-hydrogen) atoms. The number of ether oxygens (including phenoxy) is 1. The van der Waals surface area contributed by atoms with Crippen LogP contribution in [0.25, 0.3) is 0 Å². The predicted octanol–water partition coefficient (Wildman–Crippen LogP) is -0.269. The van der Waals surface area contributed by atoms with E-state index in [-0.39, 0.29) is 16.7 Å². The Morgan fingerprint density at radius 3 is 2.52 bits per heavy atom. The van der Waals surface area contributed by atoms with Crippen LogP contribution in [0.3, 0.4) is 0 Å². The molecule has 1 aromatic rings. The van der Waals surface area contributed by atoms with Gasteiger partial charge in [-0.2, -0.15) is 4.31 Å². The number of morpholine rings is 1. The van der Waals surface area contributed by atoms with Gasteiger partial charge in [0.15, 0.2) is 0 Å². The Morgan fingerprint density at radius 1 is 1.24 bits per heavy atom. The number of carbonyl (C=O) groups excluding carboxylic acids is 2. The lowest BCUT2D eigenvalue weighted by atomic mass is 10.1. The van der Waals surface area contributed by atoms with Crippen molar-refractivity contribution >= 4 is 27.5 Å². The number of sulfonamides is 1. The van der Waals surface area contributed by atoms with Crippen molar-refractivity contribution in [2.45, 2.75) is 24.3 Å². The van der Waals surface area contributed by atoms with E-state index in [1.807, 2.05) is 0 Å². The second kappa shape index (κ2) is 6.74. The van der Waals surface area contributed by atoms with Gasteiger partial charge in [-0.3, -0.25) is 14.5 Å². The SMILES string of the molecule is CNC(=O)C1Cc2cc(S(=O)(=O)N3CCOCC3)ccc2N1C(C)=O. The van der Waals surface area contributed by atoms with E-state index in [0.29, 0.717) is 44.0 Å². The highest BCUT2D eigenvalue weighted by Gasteiger charge is 2.37. The van der Waals surface area contributed by atoms with Gasteiger partial charge in [0.05, 0.1) is 18.1 Å². The van der Waals surface area contributed by atoms with Gasteiger partial charge < -0.3 is 10.1 Å². The fourth-order valence-electron chi connectivity index (χ4n) is 3.29. The van der Waals surface area contributed by atoms with Crippen LogP contribution in [0, 0.1) is 0 Å². The predicted molar refractivity (Wildman–Crippen MR) is 90.7 cm³/mol. The molecule has 136 valence electrons. The zero-order valence-electron chi connectivity index (χ0n) is 14.2. The number of rotatable bonds is 3. The number of likely N-dealkylation sites (N-methyl/N-ethyl adjacent to an activating group) is 1. The molecule has 3 rings (SSSR count). The summed E-state index contributed by atoms with van der Waals surface area (Å²) in [5, 5.41) is 2.55. The summed E-state index contributed by atoms with van der Waals surface area (Å²) in [6.45, 7) is 2.78. The number of anilines is 1. The van der Waals surface area contributed by atoms with Gasteiger partial charge in [-0.15, -0.1) is 0 Å². The van der Waals surface area contributed by atoms with Crippen molar-refractivity contribution in [2.75, 3.05) is 38.3 Å². The van der Waals surface area contributed by atoms with E-state index in [1.165, 1.54) is 29.2 Å². The summed E-state index contributed by atoms with van der Waals surface area (Å²) in [6.07, 6.45) is 0.293. The zero-order chi connectivity index (χ0) is 18.2. The van der Waals surface area contributed by atoms with Crippen LogP contribution in [0.5, 0.6) is 0 Å². The Hall–Kier alpha value is -1.97. The average molecular weight is 367 g/mol. The van der Waals surface area contributed by atoms with E-state index in [9.17, 15) is 18.0 Å². The molecule has 1 aromatic carbocycles. The monoisotopic (exact) mass is 367 g/mol. The molecule has 9 heteroatoms. The molecule has 1 N–H and O–H groups in total. The minimum Gasteiger partial charge on any atom is -0.379 e. The molecule has 1 saturated heterocycles. The maximum absolute atomic E-state index is 12.8. The summed E-state index contributed by atoms with van der Waals surface area (Å²) < 4.78 is 32.2. The van der Waals surface area contributed by atoms with Gasteiger partial charge in [0.2, 0.25) is 21.8 Å². The fourth-order valence-corrected chi connectivity index (χ4v) is 4.75. The Kier molecular flexibility index (Phi) is 4.81. The first kappa shape index (κ1) is 17.8. The summed E-state index contributed by atoms with van der Waals surface area (Å²) in [4.78, 5) is 25.6. The first-order valence-electron chi connectivity index (χ1n) is 8.08. The average Bonchev–Trinajstić information content (AvgIpc) is 3.00. The molecule has 1 fully saturated rings. The lowest BCUT2D eigenvalue weighted by molar-refractivity contribution is -0.125. The van der Waals surface area contributed by atoms with Gasteiger partial charge in [-0.05, 0) is 23.8 Å². The van der Waals surface area contributed by atoms with Crippen molar-refractivity contribution < 1.29 is 22.7 Å². The third-order valence-corrected chi connectivity index (χ3v) is 6.43. The lowest BCUT2D eigenvalue weighted by Gasteiger charge is -2.26. The maximum atomic E-state index is 12.8. The zero-order valence-corrected chi connectivity index (χ0v) is 15.0. The maximum Gasteiger partial charge on any atom is 0.243 e. The minimum absolute atomic E-state index is 0.175. The summed E-state index contributed by atoms with van der Waals surface area (Å²) >= 11 is 0. The first-order chi connectivity index (χ1) is 11.9. The van der Waals surface area contributed by atoms with Crippen LogP contribution in [-0.4, -0.2) is 63.9 Å². The van der Waals surface area contributed by atoms with E-state index in [0.717, 1.165) is 0 Å². The molecule has 0 radical (unpaired) electrons. The second-order valence-corrected chi connectivity index (χ2v) is 7.97. The minimum atomic E-state index is -3.62. The number of hydrogen-bond acceptors (Lipinski definition) is 5. The van der Waals surface area contributed by atoms with E-state index >= 15 is 0 Å². The molecule has 2 heterocycles. The summed E-state index contributed by atoms with van der Waals surface area (Å²) in [7, 11) is -2.10. The molecule has 2 aliphatic rings. The largest absolute Gasteiger partial charge is 0.379 e. The van der Waals surface area contributed by atoms with Crippen molar-refractivity contribution in [2.24, 2.45) is 0 Å². The summed E-state index contributed by atoms with van der Waals surface area (Å²) in [6, 6.07) is 4.01. The highest BCUT2D eigenvalue weighted by atomic mass is 32.2. The Morgan fingerprint density at radius 2 is 1.92 bits per heavy atom. The Labute approximate surface area is 146 Å². The molecule has 0 aromatic heterocycles. The molecule has 0 saturated carbocycles. The number of amides is 2. The molecule has 0 aliphatic carbocycles. The van der Waals surface area contributed by atoms with Crippen molar-refractivity contribution in [3.63, 3.8) is 0 Å². The first-order valence-corrected chi connectivity index (χ1v) is 9.52. The number of benzene rings is 1. The normalized spacial score (nSPS) is 21.0. The topological polar surface area (TPSA) is 96.0 Å². The van der Waals surface area contributed by atoms with Crippen LogP contribution in [0.4, 0.5) is 5.69 Å². The van der Waals surface area contributed by atoms with Crippen LogP contribution in [-0.2, 0) is 30.8 Å². The van der Waals surface area contributed by atoms with Crippen LogP contribution < -0.4 is 10.2 Å². The Bertz CT molecular complexity index is 802. The molecule has 1 unspecified atom stereocenters. The van der Waals surface area contributed by atoms with Crippen molar-refractivity contribution in [1.82, 2.24) is 9.62 Å². The van der Waals surface area contributed by atoms with E-state index in [1.54, 1.807) is 12.1 Å². The molecule has 2 amide bonds. The molecule has 8 nitrogen and oxygen atoms in total. The number of carbonyl (C=O) groups is 2. The van der Waals surface area contributed by atoms with Gasteiger partial charge in [0.1, 0.15) is 6.04 Å². The molecule has 2 aliphatic heterocycles. The van der Waals surface area contributed by atoms with Crippen molar-refractivity contribution in [3.8, 4) is 0 Å². The van der Waals surface area contributed by atoms with Gasteiger partial charge in [0, 0.05) is 39.2 Å². The Balaban J connectivity index is 1.96. The van der Waals surface area contributed by atoms with Gasteiger partial charge in [-0.1, -0.05) is 0 Å². The molecular weight excluding hydrogens is 346 g/mol. The fraction of sp³-hybridized carbons (Fsp3) is 0.500. The third-order valence-electron chi connectivity index (χ3n) is 4.53. The van der Waals surface area contributed by atoms with Crippen LogP contribution >= 0.6 is 0 Å². The third kappa shape index (κ3) is 3.14. The van der Waals surface area contributed by atoms with E-state index in [2.05, 4.69) is 5.32 Å². The number of nitrogens with one attached hydrogen (secondary N) is 1. The van der Waals surface area contributed by atoms with Gasteiger partial charge >= 0.3 is 0 Å². The molecule has 0 bridgehead atoms. The number of hydrogen-bond donors (Lipinski definition) is 1. The quantitative estimate of drug-likeness (QED) is 0.793. The number of fused-ring (bicyclic) bond motifs is 1. The van der Waals surface area contributed by atoms with E-state index in [4.69, 9.17) is 4.74 Å². The molecule has 1 atom stereocenters. The van der Waals surface area contributed by atoms with Gasteiger partial charge in [0.25, 0.3) is 0 Å². The summed E-state index contributed by atoms with van der Waals surface area (Å²) in [5.41, 5.74) is 1.26. The highest BCUT2D eigenvalue weighted by Crippen LogP contribution is 2.34. The van der Waals surface area contributed by atoms with Crippen LogP contribution in [0.15, 0.2) is 23.1 Å². The van der Waals surface area contributed by atoms with Gasteiger partial charge in [-0.25, -0.2) is 8.42 Å². The van der Waals surface area contributed by atoms with Crippen molar-refractivity contribution in [1.29, 1.82) is 0 Å². The number of nitrogens with zero attached hydrogens (tertiary/aromatic N) is 2. The second-order valence-electron chi connectivity index (χ2n) is 6.03. The summed E-state index contributed by atoms with van der Waals surface area (Å²) in [5.74, 6) is -0.528. The standard InChI is InChI=1S/C16H21N3O5S/c1-11(20)19-14-4-3-13(9-12(14)10-15(19)16(21)17-2)25(22,23)18-5-7-24-8-6-18/h3-4,9,15H,5-8,10H2,1-2H3,(H,17,21). The van der Waals surface area contributed by atoms with E-state index < -0.39 is 16.1 Å². The van der Waals surface area contributed by atoms with Crippen LogP contribution in [0.2, 0.25) is 0 Å².